The molecule has 1 aromatic carbocycles. The summed E-state index contributed by atoms with van der Waals surface area (Å²) in [5.41, 5.74) is 0.0729. The normalized spacial score (nSPS) is 25.0. The van der Waals surface area contributed by atoms with Crippen LogP contribution in [0.25, 0.3) is 0 Å². The molecule has 1 aliphatic heterocycles. The molecular weight excluding hydrogens is 270 g/mol. The second kappa shape index (κ2) is 6.01. The molecule has 0 radical (unpaired) electrons. The third-order valence-electron chi connectivity index (χ3n) is 4.21. The summed E-state index contributed by atoms with van der Waals surface area (Å²) in [6.07, 6.45) is 0. The van der Waals surface area contributed by atoms with Crippen molar-refractivity contribution in [3.05, 3.63) is 35.9 Å². The molecule has 0 spiro atoms. The molecule has 2 rings (SSSR count). The number of benzene rings is 1. The van der Waals surface area contributed by atoms with Crippen molar-refractivity contribution in [2.75, 3.05) is 19.6 Å². The molecule has 1 heterocycles. The zero-order valence-corrected chi connectivity index (χ0v) is 13.4. The molecular formula is C17H26F2N2. The van der Waals surface area contributed by atoms with E-state index in [-0.39, 0.29) is 29.6 Å². The van der Waals surface area contributed by atoms with E-state index in [1.54, 1.807) is 18.2 Å². The van der Waals surface area contributed by atoms with Gasteiger partial charge >= 0.3 is 0 Å². The van der Waals surface area contributed by atoms with Crippen molar-refractivity contribution in [3.63, 3.8) is 0 Å². The van der Waals surface area contributed by atoms with Crippen LogP contribution in [0.15, 0.2) is 30.3 Å². The minimum absolute atomic E-state index is 0.0279. The minimum Gasteiger partial charge on any atom is -0.311 e. The van der Waals surface area contributed by atoms with E-state index < -0.39 is 5.92 Å². The van der Waals surface area contributed by atoms with Gasteiger partial charge in [-0.3, -0.25) is 4.90 Å². The number of nitrogens with zero attached hydrogens (tertiary/aromatic N) is 1. The van der Waals surface area contributed by atoms with Gasteiger partial charge in [0.25, 0.3) is 5.92 Å². The lowest BCUT2D eigenvalue weighted by molar-refractivity contribution is -0.0698. The van der Waals surface area contributed by atoms with Crippen molar-refractivity contribution in [1.29, 1.82) is 0 Å². The first-order valence-electron chi connectivity index (χ1n) is 7.61. The maximum atomic E-state index is 14.6. The van der Waals surface area contributed by atoms with E-state index in [1.165, 1.54) is 12.1 Å². The Morgan fingerprint density at radius 2 is 1.81 bits per heavy atom. The van der Waals surface area contributed by atoms with Gasteiger partial charge < -0.3 is 5.32 Å². The fourth-order valence-corrected chi connectivity index (χ4v) is 3.04. The van der Waals surface area contributed by atoms with E-state index >= 15 is 0 Å². The molecule has 1 aliphatic rings. The van der Waals surface area contributed by atoms with E-state index in [0.29, 0.717) is 6.54 Å². The lowest BCUT2D eigenvalue weighted by atomic mass is 9.83. The van der Waals surface area contributed by atoms with E-state index in [2.05, 4.69) is 26.1 Å². The number of nitrogens with one attached hydrogen (secondary N) is 1. The first-order valence-corrected chi connectivity index (χ1v) is 7.61. The lowest BCUT2D eigenvalue weighted by Crippen LogP contribution is -2.61. The summed E-state index contributed by atoms with van der Waals surface area (Å²) in [7, 11) is 0. The zero-order valence-electron chi connectivity index (χ0n) is 13.4. The molecule has 1 N–H and O–H groups in total. The Balaban J connectivity index is 2.18. The van der Waals surface area contributed by atoms with Crippen LogP contribution in [0.1, 0.15) is 33.3 Å². The van der Waals surface area contributed by atoms with Crippen molar-refractivity contribution >= 4 is 0 Å². The van der Waals surface area contributed by atoms with Crippen molar-refractivity contribution in [1.82, 2.24) is 10.2 Å². The Hall–Kier alpha value is -1.00. The summed E-state index contributed by atoms with van der Waals surface area (Å²) in [5.74, 6) is -2.82. The molecule has 0 bridgehead atoms. The molecule has 118 valence electrons. The van der Waals surface area contributed by atoms with Crippen molar-refractivity contribution in [2.45, 2.75) is 45.7 Å². The number of hydrogen-bond acceptors (Lipinski definition) is 2. The molecule has 2 unspecified atom stereocenters. The molecule has 0 saturated carbocycles. The van der Waals surface area contributed by atoms with Gasteiger partial charge in [-0.25, -0.2) is 0 Å². The van der Waals surface area contributed by atoms with Crippen LogP contribution in [-0.2, 0) is 5.92 Å². The van der Waals surface area contributed by atoms with Crippen molar-refractivity contribution in [3.8, 4) is 0 Å². The van der Waals surface area contributed by atoms with E-state index in [9.17, 15) is 8.78 Å². The van der Waals surface area contributed by atoms with Crippen LogP contribution in [0.5, 0.6) is 0 Å². The van der Waals surface area contributed by atoms with Gasteiger partial charge in [-0.15, -0.1) is 0 Å². The summed E-state index contributed by atoms with van der Waals surface area (Å²) in [6.45, 7) is 9.59. The highest BCUT2D eigenvalue weighted by atomic mass is 19.3. The molecule has 21 heavy (non-hydrogen) atoms. The van der Waals surface area contributed by atoms with Gasteiger partial charge in [0.2, 0.25) is 0 Å². The van der Waals surface area contributed by atoms with Crippen LogP contribution in [0.4, 0.5) is 8.78 Å². The van der Waals surface area contributed by atoms with Gasteiger partial charge in [0.15, 0.2) is 0 Å². The molecule has 2 atom stereocenters. The molecule has 1 fully saturated rings. The highest BCUT2D eigenvalue weighted by Crippen LogP contribution is 2.33. The van der Waals surface area contributed by atoms with Gasteiger partial charge in [0.05, 0.1) is 6.54 Å². The summed E-state index contributed by atoms with van der Waals surface area (Å²) in [4.78, 5) is 1.95. The second-order valence-corrected chi connectivity index (χ2v) is 7.19. The predicted molar refractivity (Wildman–Crippen MR) is 82.6 cm³/mol. The van der Waals surface area contributed by atoms with Gasteiger partial charge in [0, 0.05) is 30.7 Å². The average Bonchev–Trinajstić information content (AvgIpc) is 2.38. The fraction of sp³-hybridized carbons (Fsp3) is 0.647. The van der Waals surface area contributed by atoms with Crippen LogP contribution < -0.4 is 5.32 Å². The van der Waals surface area contributed by atoms with E-state index in [1.807, 2.05) is 11.8 Å². The number of rotatable bonds is 3. The zero-order chi connectivity index (χ0) is 15.7. The third-order valence-corrected chi connectivity index (χ3v) is 4.21. The third kappa shape index (κ3) is 4.01. The fourth-order valence-electron chi connectivity index (χ4n) is 3.04. The Kier molecular flexibility index (Phi) is 4.69. The SMILES string of the molecule is CC1CN(CC(F)(F)c2ccccc2)C(C(C)(C)C)CN1. The molecule has 0 aliphatic carbocycles. The summed E-state index contributed by atoms with van der Waals surface area (Å²) in [6, 6.07) is 8.49. The van der Waals surface area contributed by atoms with Crippen molar-refractivity contribution in [2.24, 2.45) is 5.41 Å². The summed E-state index contributed by atoms with van der Waals surface area (Å²) >= 11 is 0. The van der Waals surface area contributed by atoms with Gasteiger partial charge in [-0.2, -0.15) is 8.78 Å². The largest absolute Gasteiger partial charge is 0.311 e. The number of alkyl halides is 2. The van der Waals surface area contributed by atoms with Gasteiger partial charge in [-0.1, -0.05) is 51.1 Å². The predicted octanol–water partition coefficient (Wildman–Crippen LogP) is 3.49. The minimum atomic E-state index is -2.82. The Bertz CT molecular complexity index is 454. The molecule has 1 saturated heterocycles. The molecule has 2 nitrogen and oxygen atoms in total. The van der Waals surface area contributed by atoms with E-state index in [0.717, 1.165) is 6.54 Å². The molecule has 1 aromatic rings. The molecule has 0 amide bonds. The van der Waals surface area contributed by atoms with Crippen molar-refractivity contribution < 1.29 is 8.78 Å². The molecule has 4 heteroatoms. The van der Waals surface area contributed by atoms with Crippen LogP contribution in [-0.4, -0.2) is 36.6 Å². The van der Waals surface area contributed by atoms with Crippen LogP contribution in [0.3, 0.4) is 0 Å². The quantitative estimate of drug-likeness (QED) is 0.918. The van der Waals surface area contributed by atoms with Gasteiger partial charge in [-0.05, 0) is 12.3 Å². The number of hydrogen-bond donors (Lipinski definition) is 1. The second-order valence-electron chi connectivity index (χ2n) is 7.19. The highest BCUT2D eigenvalue weighted by Gasteiger charge is 2.41. The topological polar surface area (TPSA) is 15.3 Å². The lowest BCUT2D eigenvalue weighted by Gasteiger charge is -2.46. The Labute approximate surface area is 126 Å². The average molecular weight is 296 g/mol. The Morgan fingerprint density at radius 3 is 2.38 bits per heavy atom. The smallest absolute Gasteiger partial charge is 0.285 e. The summed E-state index contributed by atoms with van der Waals surface area (Å²) in [5, 5.41) is 3.41. The number of piperazine rings is 1. The first-order chi connectivity index (χ1) is 9.70. The van der Waals surface area contributed by atoms with Crippen LogP contribution in [0.2, 0.25) is 0 Å². The van der Waals surface area contributed by atoms with E-state index in [4.69, 9.17) is 0 Å². The molecule has 0 aromatic heterocycles. The standard InChI is InChI=1S/C17H26F2N2/c1-13-11-21(15(10-20-13)16(2,3)4)12-17(18,19)14-8-6-5-7-9-14/h5-9,13,15,20H,10-12H2,1-4H3. The maximum Gasteiger partial charge on any atom is 0.285 e. The number of halogens is 2. The highest BCUT2D eigenvalue weighted by molar-refractivity contribution is 5.20. The summed E-state index contributed by atoms with van der Waals surface area (Å²) < 4.78 is 29.1. The van der Waals surface area contributed by atoms with Crippen LogP contribution in [0, 0.1) is 5.41 Å². The monoisotopic (exact) mass is 296 g/mol. The maximum absolute atomic E-state index is 14.6. The first kappa shape index (κ1) is 16.4. The Morgan fingerprint density at radius 1 is 1.19 bits per heavy atom. The van der Waals surface area contributed by atoms with Crippen LogP contribution >= 0.6 is 0 Å². The van der Waals surface area contributed by atoms with Gasteiger partial charge in [0.1, 0.15) is 0 Å².